The monoisotopic (exact) mass is 397 g/mol. The second kappa shape index (κ2) is 6.76. The van der Waals surface area contributed by atoms with Crippen molar-refractivity contribution in [3.05, 3.63) is 89.4 Å². The maximum absolute atomic E-state index is 4.72. The molecule has 2 aromatic carbocycles. The van der Waals surface area contributed by atoms with E-state index in [4.69, 9.17) is 4.98 Å². The Kier molecular flexibility index (Phi) is 3.92. The fourth-order valence-corrected chi connectivity index (χ4v) is 5.01. The molecule has 0 bridgehead atoms. The van der Waals surface area contributed by atoms with E-state index in [2.05, 4.69) is 73.2 Å². The number of aromatic amines is 1. The first-order valence-corrected chi connectivity index (χ1v) is 10.6. The lowest BCUT2D eigenvalue weighted by Gasteiger charge is -2.35. The fourth-order valence-electron chi connectivity index (χ4n) is 4.49. The van der Waals surface area contributed by atoms with Crippen LogP contribution in [0.3, 0.4) is 0 Å². The Balaban J connectivity index is 1.45. The quantitative estimate of drug-likeness (QED) is 0.479. The molecule has 5 aromatic rings. The highest BCUT2D eigenvalue weighted by atomic mass is 32.1. The van der Waals surface area contributed by atoms with Gasteiger partial charge >= 0.3 is 0 Å². The maximum Gasteiger partial charge on any atom is 0.105 e. The molecular weight excluding hydrogens is 378 g/mol. The third-order valence-electron chi connectivity index (χ3n) is 5.81. The van der Waals surface area contributed by atoms with Crippen LogP contribution in [0, 0.1) is 0 Å². The van der Waals surface area contributed by atoms with Crippen molar-refractivity contribution in [1.82, 2.24) is 23.6 Å². The molecule has 1 atom stereocenters. The first-order chi connectivity index (χ1) is 14.4. The van der Waals surface area contributed by atoms with Crippen molar-refractivity contribution >= 4 is 33.7 Å². The molecular formula is C23H19N5S. The number of H-pyrrole nitrogens is 1. The van der Waals surface area contributed by atoms with Crippen LogP contribution in [-0.2, 0) is 13.0 Å². The molecule has 1 aliphatic rings. The van der Waals surface area contributed by atoms with E-state index in [0.29, 0.717) is 0 Å². The minimum atomic E-state index is 0.108. The van der Waals surface area contributed by atoms with Crippen LogP contribution in [0.2, 0.25) is 0 Å². The van der Waals surface area contributed by atoms with Crippen LogP contribution in [-0.4, -0.2) is 30.2 Å². The molecule has 4 heterocycles. The number of hydrogen-bond acceptors (Lipinski definition) is 5. The van der Waals surface area contributed by atoms with Crippen molar-refractivity contribution in [2.24, 2.45) is 0 Å². The zero-order valence-electron chi connectivity index (χ0n) is 15.7. The number of benzene rings is 2. The van der Waals surface area contributed by atoms with Gasteiger partial charge in [-0.1, -0.05) is 30.3 Å². The number of nitrogens with zero attached hydrogens (tertiary/aromatic N) is 4. The molecule has 0 radical (unpaired) electrons. The Morgan fingerprint density at radius 3 is 2.83 bits per heavy atom. The van der Waals surface area contributed by atoms with Gasteiger partial charge in [0, 0.05) is 35.9 Å². The van der Waals surface area contributed by atoms with E-state index >= 15 is 0 Å². The van der Waals surface area contributed by atoms with Crippen LogP contribution in [0.5, 0.6) is 0 Å². The van der Waals surface area contributed by atoms with E-state index in [1.807, 2.05) is 12.3 Å². The van der Waals surface area contributed by atoms with Gasteiger partial charge in [0.1, 0.15) is 11.0 Å². The average molecular weight is 398 g/mol. The van der Waals surface area contributed by atoms with Gasteiger partial charge in [0.05, 0.1) is 23.5 Å². The summed E-state index contributed by atoms with van der Waals surface area (Å²) in [4.78, 5) is 10.9. The Bertz CT molecular complexity index is 1310. The highest BCUT2D eigenvalue weighted by molar-refractivity contribution is 7.00. The van der Waals surface area contributed by atoms with Crippen molar-refractivity contribution in [3.8, 4) is 0 Å². The van der Waals surface area contributed by atoms with E-state index in [-0.39, 0.29) is 6.04 Å². The van der Waals surface area contributed by atoms with Crippen LogP contribution in [0.15, 0.2) is 66.9 Å². The molecule has 0 spiro atoms. The van der Waals surface area contributed by atoms with Gasteiger partial charge in [-0.2, -0.15) is 8.75 Å². The van der Waals surface area contributed by atoms with E-state index < -0.39 is 0 Å². The molecule has 0 saturated heterocycles. The van der Waals surface area contributed by atoms with Crippen molar-refractivity contribution in [2.45, 2.75) is 19.0 Å². The molecule has 1 unspecified atom stereocenters. The third-order valence-corrected chi connectivity index (χ3v) is 6.36. The molecule has 6 heteroatoms. The lowest BCUT2D eigenvalue weighted by molar-refractivity contribution is 0.198. The van der Waals surface area contributed by atoms with Gasteiger partial charge in [-0.3, -0.25) is 9.88 Å². The molecule has 29 heavy (non-hydrogen) atoms. The van der Waals surface area contributed by atoms with Gasteiger partial charge in [-0.25, -0.2) is 0 Å². The fraction of sp³-hybridized carbons (Fsp3) is 0.174. The molecule has 0 amide bonds. The molecule has 6 rings (SSSR count). The summed E-state index contributed by atoms with van der Waals surface area (Å²) >= 11 is 1.27. The predicted molar refractivity (Wildman–Crippen MR) is 116 cm³/mol. The largest absolute Gasteiger partial charge is 0.357 e. The lowest BCUT2D eigenvalue weighted by atomic mass is 9.94. The van der Waals surface area contributed by atoms with E-state index in [1.54, 1.807) is 0 Å². The van der Waals surface area contributed by atoms with E-state index in [9.17, 15) is 0 Å². The minimum Gasteiger partial charge on any atom is -0.357 e. The van der Waals surface area contributed by atoms with Gasteiger partial charge in [0.2, 0.25) is 0 Å². The average Bonchev–Trinajstić information content (AvgIpc) is 3.38. The number of para-hydroxylation sites is 1. The van der Waals surface area contributed by atoms with Gasteiger partial charge in [-0.05, 0) is 47.9 Å². The summed E-state index contributed by atoms with van der Waals surface area (Å²) in [5.41, 5.74) is 8.18. The minimum absolute atomic E-state index is 0.108. The van der Waals surface area contributed by atoms with Gasteiger partial charge in [0.25, 0.3) is 0 Å². The van der Waals surface area contributed by atoms with Crippen LogP contribution >= 0.6 is 11.7 Å². The first-order valence-electron chi connectivity index (χ1n) is 9.82. The third kappa shape index (κ3) is 2.84. The molecule has 142 valence electrons. The summed E-state index contributed by atoms with van der Waals surface area (Å²) in [7, 11) is 0. The maximum atomic E-state index is 4.72. The zero-order valence-corrected chi connectivity index (χ0v) is 16.6. The van der Waals surface area contributed by atoms with Crippen molar-refractivity contribution in [3.63, 3.8) is 0 Å². The summed E-state index contributed by atoms with van der Waals surface area (Å²) < 4.78 is 8.73. The Hall–Kier alpha value is -3.09. The number of rotatable bonds is 3. The zero-order chi connectivity index (χ0) is 19.2. The summed E-state index contributed by atoms with van der Waals surface area (Å²) in [6, 6.07) is 21.3. The second-order valence-corrected chi connectivity index (χ2v) is 8.06. The molecule has 0 fully saturated rings. The van der Waals surface area contributed by atoms with Crippen LogP contribution in [0.25, 0.3) is 21.9 Å². The molecule has 0 saturated carbocycles. The Morgan fingerprint density at radius 1 is 1.00 bits per heavy atom. The van der Waals surface area contributed by atoms with Gasteiger partial charge in [0.15, 0.2) is 0 Å². The van der Waals surface area contributed by atoms with Crippen molar-refractivity contribution < 1.29 is 0 Å². The number of aromatic nitrogens is 4. The molecule has 1 aliphatic heterocycles. The van der Waals surface area contributed by atoms with E-state index in [1.165, 1.54) is 39.5 Å². The second-order valence-electron chi connectivity index (χ2n) is 7.53. The molecule has 1 N–H and O–H groups in total. The predicted octanol–water partition coefficient (Wildman–Crippen LogP) is 4.72. The standard InChI is InChI=1S/C23H19N5S/c1-2-6-18-16(5-1)17-10-12-28(14-15-8-9-19-21(13-15)27-29-26-19)23(22(17)25-18)20-7-3-4-11-24-20/h1-9,11,13,23,25H,10,12,14H2. The lowest BCUT2D eigenvalue weighted by Crippen LogP contribution is -2.36. The molecule has 3 aromatic heterocycles. The van der Waals surface area contributed by atoms with Gasteiger partial charge < -0.3 is 4.98 Å². The summed E-state index contributed by atoms with van der Waals surface area (Å²) in [6.45, 7) is 1.84. The van der Waals surface area contributed by atoms with Crippen molar-refractivity contribution in [2.75, 3.05) is 6.54 Å². The van der Waals surface area contributed by atoms with Crippen molar-refractivity contribution in [1.29, 1.82) is 0 Å². The summed E-state index contributed by atoms with van der Waals surface area (Å²) in [6.07, 6.45) is 2.92. The van der Waals surface area contributed by atoms with Crippen LogP contribution in [0.1, 0.15) is 28.6 Å². The van der Waals surface area contributed by atoms with E-state index in [0.717, 1.165) is 36.2 Å². The molecule has 5 nitrogen and oxygen atoms in total. The summed E-state index contributed by atoms with van der Waals surface area (Å²) in [5, 5.41) is 1.33. The number of nitrogens with one attached hydrogen (secondary N) is 1. The highest BCUT2D eigenvalue weighted by Gasteiger charge is 2.32. The Labute approximate surface area is 172 Å². The Morgan fingerprint density at radius 2 is 1.90 bits per heavy atom. The smallest absolute Gasteiger partial charge is 0.105 e. The van der Waals surface area contributed by atoms with Crippen LogP contribution < -0.4 is 0 Å². The normalized spacial score (nSPS) is 17.0. The SMILES string of the molecule is c1ccc(C2c3[nH]c4ccccc4c3CCN2Cc2ccc3nsnc3c2)nc1. The van der Waals surface area contributed by atoms with Gasteiger partial charge in [-0.15, -0.1) is 0 Å². The number of pyridine rings is 1. The summed E-state index contributed by atoms with van der Waals surface area (Å²) in [5.74, 6) is 0. The topological polar surface area (TPSA) is 57.7 Å². The highest BCUT2D eigenvalue weighted by Crippen LogP contribution is 2.38. The van der Waals surface area contributed by atoms with Crippen LogP contribution in [0.4, 0.5) is 0 Å². The number of fused-ring (bicyclic) bond motifs is 4. The molecule has 0 aliphatic carbocycles. The number of hydrogen-bond donors (Lipinski definition) is 1. The first kappa shape index (κ1) is 16.8.